The molecule has 0 spiro atoms. The zero-order chi connectivity index (χ0) is 15.0. The number of benzene rings is 1. The fourth-order valence-electron chi connectivity index (χ4n) is 2.66. The summed E-state index contributed by atoms with van der Waals surface area (Å²) in [6.45, 7) is 6.88. The van der Waals surface area contributed by atoms with Crippen LogP contribution in [0, 0.1) is 6.92 Å². The molecular formula is C17H20N4. The van der Waals surface area contributed by atoms with Crippen molar-refractivity contribution in [2.24, 2.45) is 5.73 Å². The van der Waals surface area contributed by atoms with E-state index in [2.05, 4.69) is 48.5 Å². The molecular weight excluding hydrogens is 260 g/mol. The standard InChI is InChI=1S/C17H20N4/c1-11(2)21-16-5-4-12(3)8-15(16)20-17(21)13-6-7-19-14(9-13)10-18/h4-9,11H,10,18H2,1-3H3. The fraction of sp³-hybridized carbons (Fsp3) is 0.294. The van der Waals surface area contributed by atoms with Gasteiger partial charge >= 0.3 is 0 Å². The number of rotatable bonds is 3. The summed E-state index contributed by atoms with van der Waals surface area (Å²) in [5.74, 6) is 0.975. The number of nitrogens with two attached hydrogens (primary N) is 1. The number of imidazole rings is 1. The molecule has 0 aliphatic carbocycles. The first-order valence-electron chi connectivity index (χ1n) is 7.24. The number of hydrogen-bond donors (Lipinski definition) is 1. The van der Waals surface area contributed by atoms with Crippen LogP contribution in [-0.2, 0) is 6.54 Å². The van der Waals surface area contributed by atoms with Crippen LogP contribution >= 0.6 is 0 Å². The second-order valence-corrected chi connectivity index (χ2v) is 5.63. The van der Waals surface area contributed by atoms with Crippen LogP contribution in [0.1, 0.15) is 31.1 Å². The van der Waals surface area contributed by atoms with Gasteiger partial charge in [-0.05, 0) is 50.6 Å². The number of fused-ring (bicyclic) bond motifs is 1. The van der Waals surface area contributed by atoms with Crippen molar-refractivity contribution in [1.82, 2.24) is 14.5 Å². The second kappa shape index (κ2) is 5.30. The maximum Gasteiger partial charge on any atom is 0.141 e. The molecule has 3 aromatic rings. The van der Waals surface area contributed by atoms with E-state index in [4.69, 9.17) is 10.7 Å². The molecule has 0 bridgehead atoms. The number of pyridine rings is 1. The predicted octanol–water partition coefficient (Wildman–Crippen LogP) is 3.45. The summed E-state index contributed by atoms with van der Waals surface area (Å²) >= 11 is 0. The Kier molecular flexibility index (Phi) is 3.47. The van der Waals surface area contributed by atoms with Gasteiger partial charge in [0.25, 0.3) is 0 Å². The fourth-order valence-corrected chi connectivity index (χ4v) is 2.66. The van der Waals surface area contributed by atoms with Crippen molar-refractivity contribution in [2.45, 2.75) is 33.4 Å². The zero-order valence-electron chi connectivity index (χ0n) is 12.7. The number of hydrogen-bond acceptors (Lipinski definition) is 3. The highest BCUT2D eigenvalue weighted by Gasteiger charge is 2.15. The van der Waals surface area contributed by atoms with E-state index in [0.29, 0.717) is 12.6 Å². The highest BCUT2D eigenvalue weighted by molar-refractivity contribution is 5.81. The first-order chi connectivity index (χ1) is 10.1. The molecule has 2 aromatic heterocycles. The van der Waals surface area contributed by atoms with Crippen molar-refractivity contribution < 1.29 is 0 Å². The van der Waals surface area contributed by atoms with E-state index in [1.54, 1.807) is 6.20 Å². The largest absolute Gasteiger partial charge is 0.325 e. The lowest BCUT2D eigenvalue weighted by atomic mass is 10.2. The molecule has 0 radical (unpaired) electrons. The third-order valence-electron chi connectivity index (χ3n) is 3.65. The van der Waals surface area contributed by atoms with Crippen LogP contribution < -0.4 is 5.73 Å². The van der Waals surface area contributed by atoms with Gasteiger partial charge in [-0.1, -0.05) is 6.07 Å². The molecule has 0 aliphatic rings. The van der Waals surface area contributed by atoms with Gasteiger partial charge in [0, 0.05) is 24.3 Å². The van der Waals surface area contributed by atoms with E-state index < -0.39 is 0 Å². The van der Waals surface area contributed by atoms with Crippen molar-refractivity contribution >= 4 is 11.0 Å². The van der Waals surface area contributed by atoms with E-state index in [-0.39, 0.29) is 0 Å². The average molecular weight is 280 g/mol. The van der Waals surface area contributed by atoms with Gasteiger partial charge in [0.05, 0.1) is 16.7 Å². The maximum atomic E-state index is 5.70. The SMILES string of the molecule is Cc1ccc2c(c1)nc(-c1ccnc(CN)c1)n2C(C)C. The molecule has 0 fully saturated rings. The topological polar surface area (TPSA) is 56.7 Å². The predicted molar refractivity (Wildman–Crippen MR) is 86.0 cm³/mol. The Morgan fingerprint density at radius 1 is 1.19 bits per heavy atom. The van der Waals surface area contributed by atoms with Gasteiger partial charge in [-0.15, -0.1) is 0 Å². The Bertz CT molecular complexity index is 787. The van der Waals surface area contributed by atoms with E-state index in [1.165, 1.54) is 5.56 Å². The van der Waals surface area contributed by atoms with E-state index >= 15 is 0 Å². The van der Waals surface area contributed by atoms with Crippen molar-refractivity contribution in [1.29, 1.82) is 0 Å². The number of aryl methyl sites for hydroxylation is 1. The van der Waals surface area contributed by atoms with Crippen LogP contribution in [0.2, 0.25) is 0 Å². The quantitative estimate of drug-likeness (QED) is 0.799. The first-order valence-corrected chi connectivity index (χ1v) is 7.24. The van der Waals surface area contributed by atoms with Gasteiger partial charge in [-0.3, -0.25) is 4.98 Å². The molecule has 1 aromatic carbocycles. The number of nitrogens with zero attached hydrogens (tertiary/aromatic N) is 3. The van der Waals surface area contributed by atoms with Gasteiger partial charge in [0.2, 0.25) is 0 Å². The summed E-state index contributed by atoms with van der Waals surface area (Å²) in [7, 11) is 0. The monoisotopic (exact) mass is 280 g/mol. The summed E-state index contributed by atoms with van der Waals surface area (Å²) in [5.41, 5.74) is 11.1. The summed E-state index contributed by atoms with van der Waals surface area (Å²) in [6.07, 6.45) is 1.80. The van der Waals surface area contributed by atoms with Gasteiger partial charge in [0.15, 0.2) is 0 Å². The van der Waals surface area contributed by atoms with Crippen LogP contribution in [0.15, 0.2) is 36.5 Å². The first kappa shape index (κ1) is 13.8. The molecule has 0 amide bonds. The summed E-state index contributed by atoms with van der Waals surface area (Å²) in [5, 5.41) is 0. The third kappa shape index (κ3) is 2.43. The van der Waals surface area contributed by atoms with Gasteiger partial charge in [-0.2, -0.15) is 0 Å². The number of aromatic nitrogens is 3. The Labute approximate surface area is 124 Å². The highest BCUT2D eigenvalue weighted by atomic mass is 15.1. The second-order valence-electron chi connectivity index (χ2n) is 5.63. The molecule has 4 nitrogen and oxygen atoms in total. The van der Waals surface area contributed by atoms with Crippen LogP contribution in [-0.4, -0.2) is 14.5 Å². The molecule has 2 N–H and O–H groups in total. The van der Waals surface area contributed by atoms with E-state index in [1.807, 2.05) is 12.1 Å². The maximum absolute atomic E-state index is 5.70. The molecule has 0 saturated heterocycles. The molecule has 0 unspecified atom stereocenters. The summed E-state index contributed by atoms with van der Waals surface area (Å²) in [4.78, 5) is 9.10. The summed E-state index contributed by atoms with van der Waals surface area (Å²) in [6, 6.07) is 10.8. The Morgan fingerprint density at radius 2 is 2.00 bits per heavy atom. The Balaban J connectivity index is 2.27. The molecule has 0 saturated carbocycles. The smallest absolute Gasteiger partial charge is 0.141 e. The zero-order valence-corrected chi connectivity index (χ0v) is 12.7. The summed E-state index contributed by atoms with van der Waals surface area (Å²) < 4.78 is 2.27. The minimum Gasteiger partial charge on any atom is -0.325 e. The van der Waals surface area contributed by atoms with Crippen molar-refractivity contribution in [3.05, 3.63) is 47.8 Å². The molecule has 0 atom stereocenters. The van der Waals surface area contributed by atoms with Crippen LogP contribution in [0.25, 0.3) is 22.4 Å². The molecule has 4 heteroatoms. The van der Waals surface area contributed by atoms with Gasteiger partial charge < -0.3 is 10.3 Å². The van der Waals surface area contributed by atoms with Crippen LogP contribution in [0.5, 0.6) is 0 Å². The third-order valence-corrected chi connectivity index (χ3v) is 3.65. The Morgan fingerprint density at radius 3 is 2.71 bits per heavy atom. The van der Waals surface area contributed by atoms with Gasteiger partial charge in [-0.25, -0.2) is 4.98 Å². The Hall–Kier alpha value is -2.20. The minimum absolute atomic E-state index is 0.335. The van der Waals surface area contributed by atoms with Crippen LogP contribution in [0.3, 0.4) is 0 Å². The molecule has 3 rings (SSSR count). The lowest BCUT2D eigenvalue weighted by molar-refractivity contribution is 0.624. The normalized spacial score (nSPS) is 11.5. The lowest BCUT2D eigenvalue weighted by Crippen LogP contribution is -2.04. The van der Waals surface area contributed by atoms with E-state index in [0.717, 1.165) is 28.1 Å². The van der Waals surface area contributed by atoms with Crippen molar-refractivity contribution in [2.75, 3.05) is 0 Å². The van der Waals surface area contributed by atoms with Crippen molar-refractivity contribution in [3.8, 4) is 11.4 Å². The lowest BCUT2D eigenvalue weighted by Gasteiger charge is -2.13. The highest BCUT2D eigenvalue weighted by Crippen LogP contribution is 2.28. The van der Waals surface area contributed by atoms with E-state index in [9.17, 15) is 0 Å². The van der Waals surface area contributed by atoms with Crippen LogP contribution in [0.4, 0.5) is 0 Å². The minimum atomic E-state index is 0.335. The molecule has 0 aliphatic heterocycles. The average Bonchev–Trinajstić information content (AvgIpc) is 2.85. The molecule has 108 valence electrons. The van der Waals surface area contributed by atoms with Crippen molar-refractivity contribution in [3.63, 3.8) is 0 Å². The molecule has 2 heterocycles. The molecule has 21 heavy (non-hydrogen) atoms. The van der Waals surface area contributed by atoms with Gasteiger partial charge in [0.1, 0.15) is 5.82 Å².